The predicted octanol–water partition coefficient (Wildman–Crippen LogP) is 1.78. The minimum absolute atomic E-state index is 0.183. The third-order valence-electron chi connectivity index (χ3n) is 1.17. The normalized spacial score (nSPS) is 37.0. The fourth-order valence-corrected chi connectivity index (χ4v) is 2.74. The second-order valence-electron chi connectivity index (χ2n) is 1.88. The fourth-order valence-electron chi connectivity index (χ4n) is 0.628. The molecule has 0 aromatic carbocycles. The largest absolute Gasteiger partial charge is 0.197 e. The lowest BCUT2D eigenvalue weighted by Gasteiger charge is -2.05. The maximum atomic E-state index is 8.52. The monoisotopic (exact) mass is 191 g/mol. The van der Waals surface area contributed by atoms with Gasteiger partial charge >= 0.3 is 0 Å². The van der Waals surface area contributed by atoms with E-state index in [1.54, 1.807) is 0 Å². The molecule has 1 aliphatic heterocycles. The summed E-state index contributed by atoms with van der Waals surface area (Å²) in [4.78, 5) is 0. The molecule has 0 saturated carbocycles. The lowest BCUT2D eigenvalue weighted by atomic mass is 10.1. The van der Waals surface area contributed by atoms with Crippen LogP contribution in [0.15, 0.2) is 0 Å². The van der Waals surface area contributed by atoms with Crippen LogP contribution >= 0.6 is 27.7 Å². The molecule has 0 N–H and O–H groups in total. The topological polar surface area (TPSA) is 23.8 Å². The van der Waals surface area contributed by atoms with Crippen LogP contribution in [0.1, 0.15) is 6.42 Å². The molecule has 0 radical (unpaired) electrons. The summed E-state index contributed by atoms with van der Waals surface area (Å²) in [6, 6.07) is 2.24. The Labute approximate surface area is 61.6 Å². The molecule has 1 saturated heterocycles. The Morgan fingerprint density at radius 1 is 1.75 bits per heavy atom. The van der Waals surface area contributed by atoms with Gasteiger partial charge in [-0.15, -0.1) is 0 Å². The number of alkyl halides is 1. The predicted molar refractivity (Wildman–Crippen MR) is 39.2 cm³/mol. The number of halogens is 1. The van der Waals surface area contributed by atoms with Crippen LogP contribution in [0, 0.1) is 11.3 Å². The maximum absolute atomic E-state index is 8.52. The van der Waals surface area contributed by atoms with E-state index in [1.807, 2.05) is 11.8 Å². The first kappa shape index (κ1) is 6.44. The van der Waals surface area contributed by atoms with Gasteiger partial charge in [0.25, 0.3) is 0 Å². The minimum atomic E-state index is -0.183. The molecule has 1 fully saturated rings. The molecule has 0 amide bonds. The van der Waals surface area contributed by atoms with Crippen molar-refractivity contribution in [1.82, 2.24) is 0 Å². The molecule has 1 atom stereocenters. The summed E-state index contributed by atoms with van der Waals surface area (Å²) in [7, 11) is 0. The first-order valence-electron chi connectivity index (χ1n) is 2.45. The van der Waals surface area contributed by atoms with Crippen LogP contribution < -0.4 is 0 Å². The molecular weight excluding hydrogens is 186 g/mol. The summed E-state index contributed by atoms with van der Waals surface area (Å²) < 4.78 is -0.183. The molecule has 0 aliphatic carbocycles. The van der Waals surface area contributed by atoms with Crippen molar-refractivity contribution >= 4 is 27.7 Å². The van der Waals surface area contributed by atoms with Crippen LogP contribution in [0.2, 0.25) is 0 Å². The second-order valence-corrected chi connectivity index (χ2v) is 4.50. The van der Waals surface area contributed by atoms with Gasteiger partial charge in [0, 0.05) is 5.75 Å². The number of hydrogen-bond acceptors (Lipinski definition) is 2. The smallest absolute Gasteiger partial charge is 0.122 e. The summed E-state index contributed by atoms with van der Waals surface area (Å²) in [6.07, 6.45) is 0.994. The Balaban J connectivity index is 2.56. The molecule has 1 rings (SSSR count). The Kier molecular flexibility index (Phi) is 1.84. The van der Waals surface area contributed by atoms with E-state index in [-0.39, 0.29) is 4.32 Å². The molecule has 0 bridgehead atoms. The molecule has 0 aromatic rings. The van der Waals surface area contributed by atoms with E-state index in [0.717, 1.165) is 17.9 Å². The van der Waals surface area contributed by atoms with Gasteiger partial charge in [-0.25, -0.2) is 0 Å². The highest BCUT2D eigenvalue weighted by atomic mass is 79.9. The Morgan fingerprint density at radius 3 is 2.75 bits per heavy atom. The molecule has 44 valence electrons. The number of rotatable bonds is 0. The van der Waals surface area contributed by atoms with Crippen molar-refractivity contribution in [3.8, 4) is 6.07 Å². The Hall–Kier alpha value is 0.320. The zero-order chi connectivity index (χ0) is 6.04. The van der Waals surface area contributed by atoms with Crippen molar-refractivity contribution in [1.29, 1.82) is 5.26 Å². The zero-order valence-corrected chi connectivity index (χ0v) is 6.76. The van der Waals surface area contributed by atoms with Gasteiger partial charge < -0.3 is 0 Å². The summed E-state index contributed by atoms with van der Waals surface area (Å²) in [5.41, 5.74) is 0. The minimum Gasteiger partial charge on any atom is -0.197 e. The van der Waals surface area contributed by atoms with Gasteiger partial charge in [0.2, 0.25) is 0 Å². The van der Waals surface area contributed by atoms with Crippen molar-refractivity contribution in [2.75, 3.05) is 11.5 Å². The van der Waals surface area contributed by atoms with Gasteiger partial charge in [-0.2, -0.15) is 17.0 Å². The van der Waals surface area contributed by atoms with E-state index in [9.17, 15) is 0 Å². The van der Waals surface area contributed by atoms with Crippen LogP contribution in [0.4, 0.5) is 0 Å². The van der Waals surface area contributed by atoms with E-state index in [4.69, 9.17) is 5.26 Å². The summed E-state index contributed by atoms with van der Waals surface area (Å²) in [6.45, 7) is 0. The molecule has 1 unspecified atom stereocenters. The standard InChI is InChI=1S/C5H6BrNS/c6-5(3-7)1-2-8-4-5/h1-2,4H2. The van der Waals surface area contributed by atoms with Crippen LogP contribution in [-0.2, 0) is 0 Å². The highest BCUT2D eigenvalue weighted by Gasteiger charge is 2.30. The van der Waals surface area contributed by atoms with Crippen molar-refractivity contribution in [2.45, 2.75) is 10.7 Å². The zero-order valence-electron chi connectivity index (χ0n) is 4.35. The summed E-state index contributed by atoms with van der Waals surface area (Å²) >= 11 is 5.20. The molecule has 8 heavy (non-hydrogen) atoms. The number of nitriles is 1. The third-order valence-corrected chi connectivity index (χ3v) is 3.59. The van der Waals surface area contributed by atoms with Gasteiger partial charge in [0.05, 0.1) is 6.07 Å². The van der Waals surface area contributed by atoms with Crippen LogP contribution in [0.5, 0.6) is 0 Å². The highest BCUT2D eigenvalue weighted by Crippen LogP contribution is 2.34. The van der Waals surface area contributed by atoms with E-state index in [0.29, 0.717) is 0 Å². The van der Waals surface area contributed by atoms with Crippen molar-refractivity contribution in [3.63, 3.8) is 0 Å². The molecule has 1 aliphatic rings. The van der Waals surface area contributed by atoms with Crippen molar-refractivity contribution in [3.05, 3.63) is 0 Å². The molecule has 1 heterocycles. The number of nitrogens with zero attached hydrogens (tertiary/aromatic N) is 1. The van der Waals surface area contributed by atoms with Gasteiger partial charge in [-0.1, -0.05) is 15.9 Å². The average Bonchev–Trinajstić information content (AvgIpc) is 2.17. The van der Waals surface area contributed by atoms with Gasteiger partial charge in [-0.05, 0) is 12.2 Å². The van der Waals surface area contributed by atoms with Gasteiger partial charge in [0.1, 0.15) is 4.32 Å². The molecule has 1 nitrogen and oxygen atoms in total. The quantitative estimate of drug-likeness (QED) is 0.546. The highest BCUT2D eigenvalue weighted by molar-refractivity contribution is 9.10. The lowest BCUT2D eigenvalue weighted by Crippen LogP contribution is -2.15. The summed E-state index contributed by atoms with van der Waals surface area (Å²) in [5.74, 6) is 2.07. The second kappa shape index (κ2) is 2.28. The van der Waals surface area contributed by atoms with Crippen LogP contribution in [-0.4, -0.2) is 15.8 Å². The molecule has 0 spiro atoms. The average molecular weight is 192 g/mol. The molecule has 3 heteroatoms. The Bertz CT molecular complexity index is 123. The molecule has 0 aromatic heterocycles. The van der Waals surface area contributed by atoms with Crippen LogP contribution in [0.25, 0.3) is 0 Å². The first-order chi connectivity index (χ1) is 3.77. The molecular formula is C5H6BrNS. The van der Waals surface area contributed by atoms with Gasteiger partial charge in [0.15, 0.2) is 0 Å². The SMILES string of the molecule is N#CC1(Br)CCSC1. The van der Waals surface area contributed by atoms with E-state index >= 15 is 0 Å². The lowest BCUT2D eigenvalue weighted by molar-refractivity contribution is 0.838. The van der Waals surface area contributed by atoms with Crippen molar-refractivity contribution < 1.29 is 0 Å². The summed E-state index contributed by atoms with van der Waals surface area (Å²) in [5, 5.41) is 8.52. The van der Waals surface area contributed by atoms with E-state index in [1.165, 1.54) is 0 Å². The maximum Gasteiger partial charge on any atom is 0.122 e. The fraction of sp³-hybridized carbons (Fsp3) is 0.800. The van der Waals surface area contributed by atoms with E-state index in [2.05, 4.69) is 22.0 Å². The van der Waals surface area contributed by atoms with Gasteiger partial charge in [-0.3, -0.25) is 0 Å². The Morgan fingerprint density at radius 2 is 2.50 bits per heavy atom. The number of thioether (sulfide) groups is 1. The third kappa shape index (κ3) is 1.18. The van der Waals surface area contributed by atoms with Crippen molar-refractivity contribution in [2.24, 2.45) is 0 Å². The first-order valence-corrected chi connectivity index (χ1v) is 4.39. The van der Waals surface area contributed by atoms with Crippen LogP contribution in [0.3, 0.4) is 0 Å². The van der Waals surface area contributed by atoms with E-state index < -0.39 is 0 Å². The number of hydrogen-bond donors (Lipinski definition) is 0.